The molecule has 1 unspecified atom stereocenters. The van der Waals surface area contributed by atoms with Gasteiger partial charge in [0.15, 0.2) is 0 Å². The van der Waals surface area contributed by atoms with Crippen molar-refractivity contribution < 1.29 is 9.53 Å². The number of carbonyl (C=O) groups excluding carboxylic acids is 1. The molecule has 0 radical (unpaired) electrons. The third-order valence-electron chi connectivity index (χ3n) is 3.33. The number of halogens is 1. The van der Waals surface area contributed by atoms with E-state index in [1.165, 1.54) is 0 Å². The Bertz CT molecular complexity index is 511. The lowest BCUT2D eigenvalue weighted by Gasteiger charge is -2.24. The molecule has 110 valence electrons. The fraction of sp³-hybridized carbons (Fsp3) is 0.533. The zero-order valence-corrected chi connectivity index (χ0v) is 12.9. The number of nitrogens with zero attached hydrogens (tertiary/aromatic N) is 1. The Morgan fingerprint density at radius 2 is 2.15 bits per heavy atom. The number of amides is 1. The van der Waals surface area contributed by atoms with Gasteiger partial charge in [-0.2, -0.15) is 0 Å². The van der Waals surface area contributed by atoms with Crippen LogP contribution >= 0.6 is 11.6 Å². The van der Waals surface area contributed by atoms with Gasteiger partial charge in [-0.05, 0) is 44.9 Å². The van der Waals surface area contributed by atoms with E-state index in [-0.39, 0.29) is 6.09 Å². The van der Waals surface area contributed by atoms with Gasteiger partial charge in [-0.1, -0.05) is 17.7 Å². The molecular formula is C15H21ClN2O2. The summed E-state index contributed by atoms with van der Waals surface area (Å²) in [5, 5.41) is 0.566. The molecule has 2 N–H and O–H groups in total. The number of benzene rings is 1. The van der Waals surface area contributed by atoms with Gasteiger partial charge in [0, 0.05) is 19.0 Å². The van der Waals surface area contributed by atoms with Crippen LogP contribution in [-0.2, 0) is 4.74 Å². The second kappa shape index (κ2) is 5.52. The molecule has 5 heteroatoms. The first-order valence-corrected chi connectivity index (χ1v) is 7.17. The predicted molar refractivity (Wildman–Crippen MR) is 81.0 cm³/mol. The SMILES string of the molecule is CC(C)(C)OC(=O)N1CCC(c2ccc(Cl)c(N)c2)C1. The van der Waals surface area contributed by atoms with Gasteiger partial charge in [0.25, 0.3) is 0 Å². The highest BCUT2D eigenvalue weighted by atomic mass is 35.5. The minimum Gasteiger partial charge on any atom is -0.444 e. The van der Waals surface area contributed by atoms with E-state index in [1.54, 1.807) is 4.90 Å². The van der Waals surface area contributed by atoms with Gasteiger partial charge < -0.3 is 15.4 Å². The highest BCUT2D eigenvalue weighted by molar-refractivity contribution is 6.33. The van der Waals surface area contributed by atoms with E-state index < -0.39 is 5.60 Å². The van der Waals surface area contributed by atoms with Gasteiger partial charge in [-0.25, -0.2) is 4.79 Å². The summed E-state index contributed by atoms with van der Waals surface area (Å²) in [4.78, 5) is 13.8. The largest absolute Gasteiger partial charge is 0.444 e. The maximum absolute atomic E-state index is 12.0. The van der Waals surface area contributed by atoms with Crippen molar-refractivity contribution >= 4 is 23.4 Å². The van der Waals surface area contributed by atoms with Crippen LogP contribution in [0.25, 0.3) is 0 Å². The van der Waals surface area contributed by atoms with Crippen LogP contribution in [0.3, 0.4) is 0 Å². The van der Waals surface area contributed by atoms with Gasteiger partial charge in [-0.3, -0.25) is 0 Å². The van der Waals surface area contributed by atoms with Crippen LogP contribution in [0.1, 0.15) is 38.7 Å². The summed E-state index contributed by atoms with van der Waals surface area (Å²) >= 11 is 5.93. The Labute approximate surface area is 124 Å². The number of nitrogens with two attached hydrogens (primary N) is 1. The molecular weight excluding hydrogens is 276 g/mol. The molecule has 1 saturated heterocycles. The van der Waals surface area contributed by atoms with Crippen molar-refractivity contribution in [2.75, 3.05) is 18.8 Å². The highest BCUT2D eigenvalue weighted by Gasteiger charge is 2.30. The Morgan fingerprint density at radius 3 is 2.75 bits per heavy atom. The molecule has 1 heterocycles. The maximum atomic E-state index is 12.0. The predicted octanol–water partition coefficient (Wildman–Crippen LogP) is 3.65. The van der Waals surface area contributed by atoms with Gasteiger partial charge in [0.05, 0.1) is 10.7 Å². The van der Waals surface area contributed by atoms with Crippen molar-refractivity contribution in [3.8, 4) is 0 Å². The molecule has 1 atom stereocenters. The van der Waals surface area contributed by atoms with Gasteiger partial charge in [0.1, 0.15) is 5.60 Å². The van der Waals surface area contributed by atoms with Crippen molar-refractivity contribution in [1.82, 2.24) is 4.90 Å². The van der Waals surface area contributed by atoms with Crippen LogP contribution in [0.4, 0.5) is 10.5 Å². The van der Waals surface area contributed by atoms with E-state index in [1.807, 2.05) is 39.0 Å². The molecule has 0 spiro atoms. The van der Waals surface area contributed by atoms with Crippen molar-refractivity contribution in [2.24, 2.45) is 0 Å². The molecule has 2 rings (SSSR count). The summed E-state index contributed by atoms with van der Waals surface area (Å²) in [6, 6.07) is 5.68. The molecule has 1 aromatic carbocycles. The average Bonchev–Trinajstić information content (AvgIpc) is 2.80. The molecule has 20 heavy (non-hydrogen) atoms. The summed E-state index contributed by atoms with van der Waals surface area (Å²) < 4.78 is 5.39. The summed E-state index contributed by atoms with van der Waals surface area (Å²) in [6.07, 6.45) is 0.669. The maximum Gasteiger partial charge on any atom is 0.410 e. The Balaban J connectivity index is 2.01. The summed E-state index contributed by atoms with van der Waals surface area (Å²) in [5.41, 5.74) is 7.08. The average molecular weight is 297 g/mol. The number of likely N-dealkylation sites (tertiary alicyclic amines) is 1. The topological polar surface area (TPSA) is 55.6 Å². The van der Waals surface area contributed by atoms with Crippen LogP contribution in [0.2, 0.25) is 5.02 Å². The third-order valence-corrected chi connectivity index (χ3v) is 3.68. The van der Waals surface area contributed by atoms with Gasteiger partial charge >= 0.3 is 6.09 Å². The summed E-state index contributed by atoms with van der Waals surface area (Å²) in [5.74, 6) is 0.294. The zero-order valence-electron chi connectivity index (χ0n) is 12.1. The van der Waals surface area contributed by atoms with Crippen LogP contribution in [0.15, 0.2) is 18.2 Å². The molecule has 0 aliphatic carbocycles. The van der Waals surface area contributed by atoms with Crippen molar-refractivity contribution in [3.63, 3.8) is 0 Å². The van der Waals surface area contributed by atoms with Crippen LogP contribution < -0.4 is 5.73 Å². The van der Waals surface area contributed by atoms with E-state index in [2.05, 4.69) is 0 Å². The normalized spacial score (nSPS) is 19.2. The number of carbonyl (C=O) groups is 1. The summed E-state index contributed by atoms with van der Waals surface area (Å²) in [6.45, 7) is 6.99. The first-order valence-electron chi connectivity index (χ1n) is 6.79. The Morgan fingerprint density at radius 1 is 1.45 bits per heavy atom. The lowest BCUT2D eigenvalue weighted by Crippen LogP contribution is -2.35. The lowest BCUT2D eigenvalue weighted by molar-refractivity contribution is 0.0292. The fourth-order valence-corrected chi connectivity index (χ4v) is 2.46. The number of rotatable bonds is 1. The van der Waals surface area contributed by atoms with E-state index >= 15 is 0 Å². The van der Waals surface area contributed by atoms with Crippen LogP contribution in [0, 0.1) is 0 Å². The summed E-state index contributed by atoms with van der Waals surface area (Å²) in [7, 11) is 0. The quantitative estimate of drug-likeness (QED) is 0.805. The standard InChI is InChI=1S/C15H21ClN2O2/c1-15(2,3)20-14(19)18-7-6-11(9-18)10-4-5-12(16)13(17)8-10/h4-5,8,11H,6-7,9,17H2,1-3H3. The van der Waals surface area contributed by atoms with Crippen LogP contribution in [0.5, 0.6) is 0 Å². The molecule has 0 bridgehead atoms. The monoisotopic (exact) mass is 296 g/mol. The minimum absolute atomic E-state index is 0.248. The Kier molecular flexibility index (Phi) is 4.14. The highest BCUT2D eigenvalue weighted by Crippen LogP contribution is 2.31. The number of ether oxygens (including phenoxy) is 1. The molecule has 1 aromatic rings. The number of anilines is 1. The number of nitrogen functional groups attached to an aromatic ring is 1. The van der Waals surface area contributed by atoms with E-state index in [9.17, 15) is 4.79 Å². The molecule has 1 aliphatic heterocycles. The van der Waals surface area contributed by atoms with Crippen molar-refractivity contribution in [3.05, 3.63) is 28.8 Å². The van der Waals surface area contributed by atoms with Crippen molar-refractivity contribution in [1.29, 1.82) is 0 Å². The molecule has 0 saturated carbocycles. The number of hydrogen-bond acceptors (Lipinski definition) is 3. The van der Waals surface area contributed by atoms with Gasteiger partial charge in [-0.15, -0.1) is 0 Å². The van der Waals surface area contributed by atoms with E-state index in [0.717, 1.165) is 12.0 Å². The molecule has 1 fully saturated rings. The van der Waals surface area contributed by atoms with Gasteiger partial charge in [0.2, 0.25) is 0 Å². The molecule has 0 aromatic heterocycles. The molecule has 1 amide bonds. The van der Waals surface area contributed by atoms with E-state index in [4.69, 9.17) is 22.1 Å². The zero-order chi connectivity index (χ0) is 14.9. The first-order chi connectivity index (χ1) is 9.26. The second-order valence-corrected chi connectivity index (χ2v) is 6.60. The second-order valence-electron chi connectivity index (χ2n) is 6.19. The van der Waals surface area contributed by atoms with E-state index in [0.29, 0.717) is 29.7 Å². The molecule has 4 nitrogen and oxygen atoms in total. The molecule has 1 aliphatic rings. The smallest absolute Gasteiger partial charge is 0.410 e. The fourth-order valence-electron chi connectivity index (χ4n) is 2.34. The lowest BCUT2D eigenvalue weighted by atomic mass is 9.98. The van der Waals surface area contributed by atoms with Crippen LogP contribution in [-0.4, -0.2) is 29.7 Å². The number of hydrogen-bond donors (Lipinski definition) is 1. The Hall–Kier alpha value is -1.42. The minimum atomic E-state index is -0.458. The first kappa shape index (κ1) is 15.0. The van der Waals surface area contributed by atoms with Crippen molar-refractivity contribution in [2.45, 2.75) is 38.7 Å². The third kappa shape index (κ3) is 3.57.